The fourth-order valence-electron chi connectivity index (χ4n) is 4.29. The Kier molecular flexibility index (Phi) is 3.50. The molecule has 2 aromatic rings. The molecule has 1 amide bonds. The van der Waals surface area contributed by atoms with Crippen LogP contribution in [0.5, 0.6) is 0 Å². The average Bonchev–Trinajstić information content (AvgIpc) is 3.24. The van der Waals surface area contributed by atoms with Crippen LogP contribution in [0.4, 0.5) is 5.82 Å². The lowest BCUT2D eigenvalue weighted by Gasteiger charge is -2.39. The summed E-state index contributed by atoms with van der Waals surface area (Å²) in [6.07, 6.45) is 4.97. The molecule has 0 saturated carbocycles. The average molecular weight is 374 g/mol. The van der Waals surface area contributed by atoms with Crippen molar-refractivity contribution in [1.82, 2.24) is 19.7 Å². The minimum atomic E-state index is -0.589. The van der Waals surface area contributed by atoms with E-state index >= 15 is 0 Å². The van der Waals surface area contributed by atoms with Crippen LogP contribution in [0.2, 0.25) is 0 Å². The number of nitrogens with zero attached hydrogens (tertiary/aromatic N) is 6. The van der Waals surface area contributed by atoms with Crippen LogP contribution in [0, 0.1) is 23.2 Å². The van der Waals surface area contributed by atoms with Crippen LogP contribution in [0.3, 0.4) is 0 Å². The van der Waals surface area contributed by atoms with E-state index in [1.54, 1.807) is 28.2 Å². The van der Waals surface area contributed by atoms with Crippen molar-refractivity contribution < 1.29 is 9.59 Å². The molecule has 1 aliphatic carbocycles. The van der Waals surface area contributed by atoms with E-state index in [1.807, 2.05) is 19.9 Å². The number of fused-ring (bicyclic) bond motifs is 2. The Hall–Kier alpha value is -3.34. The lowest BCUT2D eigenvalue weighted by molar-refractivity contribution is -0.141. The van der Waals surface area contributed by atoms with Crippen LogP contribution < -0.4 is 0 Å². The summed E-state index contributed by atoms with van der Waals surface area (Å²) in [5.74, 6) is -0.270. The van der Waals surface area contributed by atoms with Crippen LogP contribution >= 0.6 is 0 Å². The van der Waals surface area contributed by atoms with Crippen molar-refractivity contribution >= 4 is 23.7 Å². The third-order valence-electron chi connectivity index (χ3n) is 5.75. The second-order valence-electron chi connectivity index (χ2n) is 7.83. The molecule has 2 aliphatic heterocycles. The van der Waals surface area contributed by atoms with Crippen LogP contribution in [0.25, 0.3) is 11.1 Å². The molecule has 0 bridgehead atoms. The molecule has 0 spiro atoms. The van der Waals surface area contributed by atoms with Crippen molar-refractivity contribution in [3.63, 3.8) is 0 Å². The van der Waals surface area contributed by atoms with Gasteiger partial charge in [0.25, 0.3) is 0 Å². The third kappa shape index (κ3) is 2.13. The van der Waals surface area contributed by atoms with Crippen molar-refractivity contribution in [2.45, 2.75) is 25.8 Å². The van der Waals surface area contributed by atoms with E-state index in [0.29, 0.717) is 24.6 Å². The largest absolute Gasteiger partial charge is 0.338 e. The number of carbonyl (C=O) groups is 2. The zero-order chi connectivity index (χ0) is 19.6. The maximum Gasteiger partial charge on any atom is 0.247 e. The first-order valence-electron chi connectivity index (χ1n) is 9.34. The number of nitriles is 1. The van der Waals surface area contributed by atoms with Gasteiger partial charge in [-0.05, 0) is 17.5 Å². The molecule has 5 rings (SSSR count). The van der Waals surface area contributed by atoms with Crippen molar-refractivity contribution in [3.8, 4) is 17.2 Å². The van der Waals surface area contributed by atoms with Gasteiger partial charge in [-0.3, -0.25) is 9.59 Å². The second-order valence-corrected chi connectivity index (χ2v) is 7.83. The quantitative estimate of drug-likeness (QED) is 0.818. The number of aromatic nitrogens is 3. The summed E-state index contributed by atoms with van der Waals surface area (Å²) in [5, 5.41) is 13.5. The number of hydrogen-bond acceptors (Lipinski definition) is 6. The minimum Gasteiger partial charge on any atom is -0.338 e. The highest BCUT2D eigenvalue weighted by atomic mass is 16.2. The van der Waals surface area contributed by atoms with Gasteiger partial charge in [0.2, 0.25) is 5.91 Å². The summed E-state index contributed by atoms with van der Waals surface area (Å²) in [6, 6.07) is 3.47. The Bertz CT molecular complexity index is 1090. The van der Waals surface area contributed by atoms with Crippen molar-refractivity contribution in [2.24, 2.45) is 16.8 Å². The number of hydrogen-bond donors (Lipinski definition) is 0. The van der Waals surface area contributed by atoms with Crippen molar-refractivity contribution in [1.29, 1.82) is 5.26 Å². The molecule has 0 aromatic carbocycles. The predicted octanol–water partition coefficient (Wildman–Crippen LogP) is 2.12. The second kappa shape index (κ2) is 5.83. The van der Waals surface area contributed by atoms with E-state index in [1.165, 1.54) is 0 Å². The molecule has 140 valence electrons. The standard InChI is InChI=1S/C20H18N6O2/c1-10(2)16(20(28)25-8-11(5-21)9-25)26-17-13(7-24-26)12-3-4-22-19-15(12)14(6-23-19)18(17)27/h3-4,6-7,10-11,14,16H,8-9H2,1-2H3. The highest BCUT2D eigenvalue weighted by Crippen LogP contribution is 2.46. The predicted molar refractivity (Wildman–Crippen MR) is 100 cm³/mol. The number of Topliss-reactive ketones (excluding diaryl/α,β-unsaturated/α-hetero) is 1. The summed E-state index contributed by atoms with van der Waals surface area (Å²) in [4.78, 5) is 36.6. The zero-order valence-electron chi connectivity index (χ0n) is 15.5. The molecule has 1 saturated heterocycles. The van der Waals surface area contributed by atoms with Crippen molar-refractivity contribution in [2.75, 3.05) is 13.1 Å². The number of pyridine rings is 1. The van der Waals surface area contributed by atoms with E-state index in [2.05, 4.69) is 21.1 Å². The lowest BCUT2D eigenvalue weighted by atomic mass is 9.82. The van der Waals surface area contributed by atoms with E-state index in [9.17, 15) is 9.59 Å². The summed E-state index contributed by atoms with van der Waals surface area (Å²) in [5.41, 5.74) is 2.90. The molecular formula is C20H18N6O2. The molecule has 0 radical (unpaired) electrons. The van der Waals surface area contributed by atoms with Gasteiger partial charge in [0, 0.05) is 36.6 Å². The minimum absolute atomic E-state index is 0.0583. The van der Waals surface area contributed by atoms with Gasteiger partial charge < -0.3 is 4.90 Å². The van der Waals surface area contributed by atoms with Gasteiger partial charge in [-0.25, -0.2) is 14.7 Å². The number of amides is 1. The van der Waals surface area contributed by atoms with Gasteiger partial charge in [0.05, 0.1) is 24.1 Å². The first-order valence-corrected chi connectivity index (χ1v) is 9.34. The summed E-state index contributed by atoms with van der Waals surface area (Å²) >= 11 is 0. The molecule has 1 fully saturated rings. The highest BCUT2D eigenvalue weighted by Gasteiger charge is 2.43. The van der Waals surface area contributed by atoms with Gasteiger partial charge in [-0.15, -0.1) is 0 Å². The van der Waals surface area contributed by atoms with Crippen molar-refractivity contribution in [3.05, 3.63) is 29.7 Å². The van der Waals surface area contributed by atoms with E-state index in [-0.39, 0.29) is 23.5 Å². The smallest absolute Gasteiger partial charge is 0.247 e. The molecule has 8 nitrogen and oxygen atoms in total. The topological polar surface area (TPSA) is 104 Å². The molecule has 4 heterocycles. The molecular weight excluding hydrogens is 356 g/mol. The number of aliphatic imine (C=N–C) groups is 1. The van der Waals surface area contributed by atoms with E-state index in [0.717, 1.165) is 16.7 Å². The SMILES string of the molecule is CC(C)C(C(=O)N1CC(C#N)C1)n1ncc2c1C(=O)C1C=Nc3nccc-2c31. The number of rotatable bonds is 3. The fourth-order valence-corrected chi connectivity index (χ4v) is 4.29. The van der Waals surface area contributed by atoms with Gasteiger partial charge >= 0.3 is 0 Å². The fraction of sp³-hybridized carbons (Fsp3) is 0.400. The van der Waals surface area contributed by atoms with Crippen LogP contribution in [-0.2, 0) is 4.79 Å². The first kappa shape index (κ1) is 16.8. The van der Waals surface area contributed by atoms with Crippen LogP contribution in [-0.4, -0.2) is 50.7 Å². The Morgan fingerprint density at radius 1 is 1.32 bits per heavy atom. The normalized spacial score (nSPS) is 20.6. The van der Waals surface area contributed by atoms with Gasteiger partial charge in [-0.1, -0.05) is 13.8 Å². The molecule has 2 aromatic heterocycles. The Morgan fingerprint density at radius 3 is 2.82 bits per heavy atom. The Balaban J connectivity index is 1.60. The van der Waals surface area contributed by atoms with E-state index < -0.39 is 12.0 Å². The number of ketones is 1. The first-order chi connectivity index (χ1) is 13.5. The summed E-state index contributed by atoms with van der Waals surface area (Å²) in [7, 11) is 0. The number of carbonyl (C=O) groups excluding carboxylic acids is 2. The van der Waals surface area contributed by atoms with Gasteiger partial charge in [0.1, 0.15) is 11.7 Å². The lowest BCUT2D eigenvalue weighted by Crippen LogP contribution is -2.52. The maximum atomic E-state index is 13.3. The number of likely N-dealkylation sites (tertiary alicyclic amines) is 1. The molecule has 2 atom stereocenters. The Morgan fingerprint density at radius 2 is 2.11 bits per heavy atom. The monoisotopic (exact) mass is 374 g/mol. The molecule has 3 aliphatic rings. The highest BCUT2D eigenvalue weighted by molar-refractivity contribution is 6.19. The molecule has 28 heavy (non-hydrogen) atoms. The Labute approximate surface area is 161 Å². The maximum absolute atomic E-state index is 13.3. The summed E-state index contributed by atoms with van der Waals surface area (Å²) in [6.45, 7) is 4.75. The third-order valence-corrected chi connectivity index (χ3v) is 5.75. The van der Waals surface area contributed by atoms with Crippen LogP contribution in [0.1, 0.15) is 41.9 Å². The van der Waals surface area contributed by atoms with E-state index in [4.69, 9.17) is 5.26 Å². The van der Waals surface area contributed by atoms with Gasteiger partial charge in [-0.2, -0.15) is 10.4 Å². The molecule has 8 heteroatoms. The van der Waals surface area contributed by atoms with Gasteiger partial charge in [0.15, 0.2) is 11.6 Å². The molecule has 2 unspecified atom stereocenters. The van der Waals surface area contributed by atoms with Crippen LogP contribution in [0.15, 0.2) is 23.5 Å². The molecule has 0 N–H and O–H groups in total. The summed E-state index contributed by atoms with van der Waals surface area (Å²) < 4.78 is 1.58. The zero-order valence-corrected chi connectivity index (χ0v) is 15.5.